The van der Waals surface area contributed by atoms with E-state index in [0.29, 0.717) is 0 Å². The lowest BCUT2D eigenvalue weighted by molar-refractivity contribution is -0.119. The van der Waals surface area contributed by atoms with Crippen LogP contribution < -0.4 is 4.72 Å². The zero-order valence-corrected chi connectivity index (χ0v) is 10.9. The van der Waals surface area contributed by atoms with Gasteiger partial charge in [-0.3, -0.25) is 4.55 Å². The summed E-state index contributed by atoms with van der Waals surface area (Å²) in [6.45, 7) is -0.893. The molecule has 0 aliphatic heterocycles. The summed E-state index contributed by atoms with van der Waals surface area (Å²) in [4.78, 5) is 10.4. The molecule has 0 amide bonds. The summed E-state index contributed by atoms with van der Waals surface area (Å²) in [7, 11) is -4.74. The molecule has 9 nitrogen and oxygen atoms in total. The Bertz CT molecular complexity index is 323. The van der Waals surface area contributed by atoms with Crippen molar-refractivity contribution < 1.29 is 38.2 Å². The van der Waals surface area contributed by atoms with Crippen molar-refractivity contribution in [3.8, 4) is 0 Å². The molecule has 0 heterocycles. The zero-order valence-electron chi connectivity index (χ0n) is 8.67. The summed E-state index contributed by atoms with van der Waals surface area (Å²) in [6.07, 6.45) is -5.79. The van der Waals surface area contributed by atoms with Crippen molar-refractivity contribution in [3.63, 3.8) is 0 Å². The molecule has 5 atom stereocenters. The minimum atomic E-state index is -4.74. The van der Waals surface area contributed by atoms with E-state index in [2.05, 4.69) is 0 Å². The average molecular weight is 309 g/mol. The van der Waals surface area contributed by atoms with Crippen LogP contribution in [0.15, 0.2) is 0 Å². The van der Waals surface area contributed by atoms with Crippen molar-refractivity contribution in [1.29, 1.82) is 0 Å². The molecule has 0 bridgehead atoms. The molecule has 0 rings (SSSR count). The molecule has 0 fully saturated rings. The number of rotatable bonds is 7. The van der Waals surface area contributed by atoms with Gasteiger partial charge in [0.05, 0.1) is 6.61 Å². The molecule has 1 unspecified atom stereocenters. The van der Waals surface area contributed by atoms with Crippen LogP contribution in [0.3, 0.4) is 0 Å². The third-order valence-corrected chi connectivity index (χ3v) is 2.30. The number of nitrogens with one attached hydrogen (secondary N) is 1. The zero-order chi connectivity index (χ0) is 12.9. The lowest BCUT2D eigenvalue weighted by Crippen LogP contribution is -2.53. The highest BCUT2D eigenvalue weighted by Crippen LogP contribution is 2.04. The van der Waals surface area contributed by atoms with Gasteiger partial charge in [-0.2, -0.15) is 23.0 Å². The van der Waals surface area contributed by atoms with E-state index in [1.165, 1.54) is 4.72 Å². The molecule has 0 aromatic rings. The lowest BCUT2D eigenvalue weighted by atomic mass is 10.0. The van der Waals surface area contributed by atoms with Crippen LogP contribution in [0.25, 0.3) is 0 Å². The molecule has 0 saturated carbocycles. The Labute approximate surface area is 108 Å². The minimum absolute atomic E-state index is 0. The first-order chi connectivity index (χ1) is 7.22. The normalized spacial score (nSPS) is 17.6. The van der Waals surface area contributed by atoms with E-state index in [9.17, 15) is 18.3 Å². The Morgan fingerprint density at radius 3 is 1.89 bits per heavy atom. The molecule has 0 saturated heterocycles. The van der Waals surface area contributed by atoms with Gasteiger partial charge in [-0.1, -0.05) is 7.43 Å². The molecule has 112 valence electrons. The van der Waals surface area contributed by atoms with Gasteiger partial charge in [0.25, 0.3) is 0 Å². The van der Waals surface area contributed by atoms with Crippen molar-refractivity contribution >= 4 is 26.5 Å². The number of aliphatic hydroxyl groups is 4. The molecule has 11 heteroatoms. The number of hydrogen-bond donors (Lipinski definition) is 6. The van der Waals surface area contributed by atoms with Gasteiger partial charge in [0, 0.05) is 0 Å². The van der Waals surface area contributed by atoms with E-state index in [4.69, 9.17) is 19.9 Å². The quantitative estimate of drug-likeness (QED) is 0.162. The Morgan fingerprint density at radius 2 is 1.61 bits per heavy atom. The van der Waals surface area contributed by atoms with E-state index in [-0.39, 0.29) is 23.6 Å². The van der Waals surface area contributed by atoms with Crippen molar-refractivity contribution in [2.24, 2.45) is 0 Å². The van der Waals surface area contributed by atoms with E-state index >= 15 is 0 Å². The molecule has 0 aromatic heterocycles. The van der Waals surface area contributed by atoms with E-state index < -0.39 is 41.3 Å². The SMILES string of the molecule is C.O=C[C@H](NS(=O)(=O)O)[C@@H](O)[C@H](O)[C@H](O)CO.P. The fraction of sp³-hybridized carbons (Fsp3) is 0.857. The van der Waals surface area contributed by atoms with Crippen molar-refractivity contribution in [1.82, 2.24) is 4.72 Å². The third-order valence-electron chi connectivity index (χ3n) is 1.73. The molecular formula is C7H20NO8PS. The Kier molecular flexibility index (Phi) is 12.4. The maximum Gasteiger partial charge on any atom is 0.334 e. The molecule has 6 N–H and O–H groups in total. The molecule has 18 heavy (non-hydrogen) atoms. The first kappa shape index (κ1) is 22.9. The molecular weight excluding hydrogens is 289 g/mol. The summed E-state index contributed by atoms with van der Waals surface area (Å²) in [5.41, 5.74) is 0. The highest BCUT2D eigenvalue weighted by molar-refractivity contribution is 7.83. The van der Waals surface area contributed by atoms with E-state index in [0.717, 1.165) is 0 Å². The topological polar surface area (TPSA) is 164 Å². The van der Waals surface area contributed by atoms with Gasteiger partial charge >= 0.3 is 10.3 Å². The lowest BCUT2D eigenvalue weighted by Gasteiger charge is -2.25. The molecule has 0 radical (unpaired) electrons. The van der Waals surface area contributed by atoms with Crippen LogP contribution in [0, 0.1) is 0 Å². The standard InChI is InChI=1S/C6H13NO8S.CH4.H3P/c8-1-3(7-16(13,14)15)5(11)6(12)4(10)2-9;;/h1,3-7,9-12H,2H2,(H,13,14,15);1H4;1H3/t3-,4+,5+,6+;;/m0../s1. The Morgan fingerprint density at radius 1 is 1.17 bits per heavy atom. The largest absolute Gasteiger partial charge is 0.394 e. The maximum absolute atomic E-state index is 10.4. The highest BCUT2D eigenvalue weighted by atomic mass is 32.2. The van der Waals surface area contributed by atoms with Crippen LogP contribution in [-0.4, -0.2) is 70.6 Å². The summed E-state index contributed by atoms with van der Waals surface area (Å²) in [6, 6.07) is -1.84. The highest BCUT2D eigenvalue weighted by Gasteiger charge is 2.32. The predicted octanol–water partition coefficient (Wildman–Crippen LogP) is -3.28. The second kappa shape index (κ2) is 9.70. The first-order valence-corrected chi connectivity index (χ1v) is 5.52. The van der Waals surface area contributed by atoms with Crippen LogP contribution >= 0.6 is 9.90 Å². The van der Waals surface area contributed by atoms with Gasteiger partial charge in [-0.25, -0.2) is 0 Å². The van der Waals surface area contributed by atoms with Crippen LogP contribution in [0.2, 0.25) is 0 Å². The molecule has 0 spiro atoms. The van der Waals surface area contributed by atoms with Gasteiger partial charge in [-0.05, 0) is 0 Å². The average Bonchev–Trinajstić information content (AvgIpc) is 2.21. The summed E-state index contributed by atoms with van der Waals surface area (Å²) in [5, 5.41) is 35.8. The van der Waals surface area contributed by atoms with Crippen molar-refractivity contribution in [2.45, 2.75) is 31.8 Å². The monoisotopic (exact) mass is 309 g/mol. The van der Waals surface area contributed by atoms with E-state index in [1.54, 1.807) is 0 Å². The number of aldehydes is 1. The summed E-state index contributed by atoms with van der Waals surface area (Å²) >= 11 is 0. The van der Waals surface area contributed by atoms with Crippen molar-refractivity contribution in [3.05, 3.63) is 0 Å². The van der Waals surface area contributed by atoms with Crippen LogP contribution in [0.5, 0.6) is 0 Å². The van der Waals surface area contributed by atoms with Crippen LogP contribution in [0.1, 0.15) is 7.43 Å². The minimum Gasteiger partial charge on any atom is -0.394 e. The first-order valence-electron chi connectivity index (χ1n) is 4.08. The summed E-state index contributed by atoms with van der Waals surface area (Å²) in [5.74, 6) is 0. The van der Waals surface area contributed by atoms with Crippen molar-refractivity contribution in [2.75, 3.05) is 6.61 Å². The van der Waals surface area contributed by atoms with Gasteiger partial charge < -0.3 is 25.2 Å². The number of carbonyl (C=O) groups is 1. The van der Waals surface area contributed by atoms with Crippen LogP contribution in [-0.2, 0) is 15.1 Å². The Hall–Kier alpha value is -0.190. The number of hydrogen-bond acceptors (Lipinski definition) is 7. The second-order valence-electron chi connectivity index (χ2n) is 2.99. The van der Waals surface area contributed by atoms with Gasteiger partial charge in [0.1, 0.15) is 30.6 Å². The predicted molar refractivity (Wildman–Crippen MR) is 67.5 cm³/mol. The number of aliphatic hydroxyl groups excluding tert-OH is 4. The van der Waals surface area contributed by atoms with Gasteiger partial charge in [-0.15, -0.1) is 0 Å². The summed E-state index contributed by atoms with van der Waals surface area (Å²) < 4.78 is 30.4. The Balaban J connectivity index is -0.00000112. The fourth-order valence-corrected chi connectivity index (χ4v) is 1.44. The molecule has 0 aliphatic carbocycles. The van der Waals surface area contributed by atoms with Gasteiger partial charge in [0.2, 0.25) is 0 Å². The molecule has 0 aliphatic rings. The maximum atomic E-state index is 10.4. The van der Waals surface area contributed by atoms with Crippen LogP contribution in [0.4, 0.5) is 0 Å². The third kappa shape index (κ3) is 8.01. The van der Waals surface area contributed by atoms with Gasteiger partial charge in [0.15, 0.2) is 0 Å². The smallest absolute Gasteiger partial charge is 0.334 e. The second-order valence-corrected chi connectivity index (χ2v) is 4.17. The fourth-order valence-electron chi connectivity index (χ4n) is 0.898. The van der Waals surface area contributed by atoms with E-state index in [1.807, 2.05) is 0 Å². The molecule has 0 aromatic carbocycles. The number of carbonyl (C=O) groups excluding carboxylic acids is 1.